The molecule has 6 nitrogen and oxygen atoms in total. The number of halogens is 3. The average Bonchev–Trinajstić information content (AvgIpc) is 3.12. The molecule has 3 rings (SSSR count). The predicted octanol–water partition coefficient (Wildman–Crippen LogP) is 3.88. The second-order valence-corrected chi connectivity index (χ2v) is 7.70. The summed E-state index contributed by atoms with van der Waals surface area (Å²) in [6.07, 6.45) is -3.40. The normalized spacial score (nSPS) is 13.5. The number of aliphatic hydroxyl groups is 1. The van der Waals surface area contributed by atoms with E-state index in [9.17, 15) is 23.1 Å². The Bertz CT molecular complexity index is 1090. The molecule has 1 N–H and O–H groups in total. The first-order valence-electron chi connectivity index (χ1n) is 9.21. The Balaban J connectivity index is 2.21. The highest BCUT2D eigenvalue weighted by Crippen LogP contribution is 2.43. The summed E-state index contributed by atoms with van der Waals surface area (Å²) in [6.45, 7) is 5.09. The van der Waals surface area contributed by atoms with Gasteiger partial charge in [0.05, 0.1) is 19.1 Å². The van der Waals surface area contributed by atoms with Crippen LogP contribution in [0.4, 0.5) is 13.2 Å². The molecule has 0 aliphatic rings. The van der Waals surface area contributed by atoms with Gasteiger partial charge in [-0.2, -0.15) is 13.2 Å². The Morgan fingerprint density at radius 3 is 2.43 bits per heavy atom. The third kappa shape index (κ3) is 3.77. The number of benzene rings is 1. The van der Waals surface area contributed by atoms with E-state index in [1.807, 2.05) is 19.1 Å². The van der Waals surface area contributed by atoms with E-state index in [-0.39, 0.29) is 12.3 Å². The number of aromatic nitrogens is 3. The molecule has 2 heterocycles. The number of alkyl halides is 3. The summed E-state index contributed by atoms with van der Waals surface area (Å²) in [5.74, 6) is -2.16. The highest BCUT2D eigenvalue weighted by molar-refractivity contribution is 5.78. The van der Waals surface area contributed by atoms with Gasteiger partial charge in [0, 0.05) is 12.1 Å². The Kier molecular flexibility index (Phi) is 5.60. The van der Waals surface area contributed by atoms with Crippen LogP contribution in [0.15, 0.2) is 36.5 Å². The van der Waals surface area contributed by atoms with Crippen molar-refractivity contribution < 1.29 is 27.8 Å². The molecule has 0 fully saturated rings. The summed E-state index contributed by atoms with van der Waals surface area (Å²) in [4.78, 5) is 12.6. The van der Waals surface area contributed by atoms with Crippen LogP contribution < -0.4 is 0 Å². The van der Waals surface area contributed by atoms with Crippen molar-refractivity contribution in [2.75, 3.05) is 7.11 Å². The summed E-state index contributed by atoms with van der Waals surface area (Å²) >= 11 is 0. The molecular formula is C21H22F3N3O3. The molecule has 1 unspecified atom stereocenters. The fourth-order valence-corrected chi connectivity index (χ4v) is 3.73. The monoisotopic (exact) mass is 421 g/mol. The molecule has 2 aromatic heterocycles. The second-order valence-electron chi connectivity index (χ2n) is 7.70. The minimum absolute atomic E-state index is 0.0139. The van der Waals surface area contributed by atoms with Crippen LogP contribution in [0.25, 0.3) is 5.65 Å². The lowest BCUT2D eigenvalue weighted by Gasteiger charge is -2.33. The van der Waals surface area contributed by atoms with E-state index in [4.69, 9.17) is 4.74 Å². The van der Waals surface area contributed by atoms with E-state index >= 15 is 0 Å². The summed E-state index contributed by atoms with van der Waals surface area (Å²) in [7, 11) is 1.28. The van der Waals surface area contributed by atoms with Gasteiger partial charge in [0.25, 0.3) is 0 Å². The number of esters is 1. The molecule has 9 heteroatoms. The van der Waals surface area contributed by atoms with Crippen molar-refractivity contribution in [1.29, 1.82) is 0 Å². The van der Waals surface area contributed by atoms with Crippen LogP contribution in [-0.4, -0.2) is 32.8 Å². The SMILES string of the molecule is COC(=O)C(C)(C)C(c1ccc(C)c(CO)c1)c1ccn2c(C(F)(F)F)nnc2c1. The zero-order valence-corrected chi connectivity index (χ0v) is 17.0. The van der Waals surface area contributed by atoms with Gasteiger partial charge in [-0.15, -0.1) is 10.2 Å². The Morgan fingerprint density at radius 2 is 1.83 bits per heavy atom. The number of carbonyl (C=O) groups is 1. The van der Waals surface area contributed by atoms with Gasteiger partial charge < -0.3 is 9.84 Å². The summed E-state index contributed by atoms with van der Waals surface area (Å²) in [5, 5.41) is 16.6. The van der Waals surface area contributed by atoms with Crippen LogP contribution in [-0.2, 0) is 22.3 Å². The second kappa shape index (κ2) is 7.71. The molecule has 0 spiro atoms. The van der Waals surface area contributed by atoms with Crippen LogP contribution in [0.2, 0.25) is 0 Å². The zero-order chi connectivity index (χ0) is 22.3. The maximum Gasteiger partial charge on any atom is 0.452 e. The van der Waals surface area contributed by atoms with Crippen molar-refractivity contribution in [1.82, 2.24) is 14.6 Å². The molecule has 0 aliphatic heterocycles. The van der Waals surface area contributed by atoms with Gasteiger partial charge in [0.15, 0.2) is 5.65 Å². The fourth-order valence-electron chi connectivity index (χ4n) is 3.73. The van der Waals surface area contributed by atoms with Crippen LogP contribution in [0.3, 0.4) is 0 Å². The van der Waals surface area contributed by atoms with Crippen molar-refractivity contribution in [3.63, 3.8) is 0 Å². The topological polar surface area (TPSA) is 76.7 Å². The fraction of sp³-hybridized carbons (Fsp3) is 0.381. The summed E-state index contributed by atoms with van der Waals surface area (Å²) in [6, 6.07) is 8.45. The van der Waals surface area contributed by atoms with Crippen molar-refractivity contribution in [3.05, 3.63) is 64.6 Å². The summed E-state index contributed by atoms with van der Waals surface area (Å²) < 4.78 is 45.2. The van der Waals surface area contributed by atoms with Crippen LogP contribution in [0.5, 0.6) is 0 Å². The van der Waals surface area contributed by atoms with Crippen molar-refractivity contribution in [2.24, 2.45) is 5.41 Å². The first-order chi connectivity index (χ1) is 14.0. The number of rotatable bonds is 5. The number of aliphatic hydroxyl groups excluding tert-OH is 1. The number of aryl methyl sites for hydroxylation is 1. The largest absolute Gasteiger partial charge is 0.469 e. The standard InChI is InChI=1S/C21H22F3N3O3/c1-12-5-6-13(9-15(12)11-28)17(20(2,3)19(29)30-4)14-7-8-27-16(10-14)25-26-18(27)21(22,23)24/h5-10,17,28H,11H2,1-4H3. The molecule has 0 saturated heterocycles. The Morgan fingerprint density at radius 1 is 1.17 bits per heavy atom. The molecule has 0 bridgehead atoms. The van der Waals surface area contributed by atoms with E-state index in [0.29, 0.717) is 11.1 Å². The first-order valence-corrected chi connectivity index (χ1v) is 9.21. The lowest BCUT2D eigenvalue weighted by atomic mass is 9.71. The molecule has 0 aliphatic carbocycles. The number of methoxy groups -OCH3 is 1. The van der Waals surface area contributed by atoms with E-state index < -0.39 is 29.3 Å². The molecule has 160 valence electrons. The maximum absolute atomic E-state index is 13.1. The molecule has 1 aromatic carbocycles. The van der Waals surface area contributed by atoms with Gasteiger partial charge in [-0.05, 0) is 55.2 Å². The van der Waals surface area contributed by atoms with Crippen molar-refractivity contribution in [2.45, 2.75) is 39.5 Å². The van der Waals surface area contributed by atoms with Gasteiger partial charge in [-0.1, -0.05) is 18.2 Å². The number of hydrogen-bond donors (Lipinski definition) is 1. The number of ether oxygens (including phenoxy) is 1. The quantitative estimate of drug-likeness (QED) is 0.633. The summed E-state index contributed by atoms with van der Waals surface area (Å²) in [5.41, 5.74) is 1.84. The van der Waals surface area contributed by atoms with Crippen molar-refractivity contribution in [3.8, 4) is 0 Å². The number of fused-ring (bicyclic) bond motifs is 1. The van der Waals surface area contributed by atoms with Gasteiger partial charge in [0.2, 0.25) is 5.82 Å². The van der Waals surface area contributed by atoms with E-state index in [0.717, 1.165) is 15.5 Å². The molecule has 1 atom stereocenters. The zero-order valence-electron chi connectivity index (χ0n) is 17.0. The highest BCUT2D eigenvalue weighted by atomic mass is 19.4. The molecular weight excluding hydrogens is 399 g/mol. The molecule has 0 saturated carbocycles. The lowest BCUT2D eigenvalue weighted by molar-refractivity contribution is -0.151. The minimum Gasteiger partial charge on any atom is -0.469 e. The maximum atomic E-state index is 13.1. The van der Waals surface area contributed by atoms with Crippen molar-refractivity contribution >= 4 is 11.6 Å². The first kappa shape index (κ1) is 21.8. The van der Waals surface area contributed by atoms with Crippen LogP contribution in [0, 0.1) is 12.3 Å². The number of pyridine rings is 1. The molecule has 30 heavy (non-hydrogen) atoms. The third-order valence-electron chi connectivity index (χ3n) is 5.33. The smallest absolute Gasteiger partial charge is 0.452 e. The highest BCUT2D eigenvalue weighted by Gasteiger charge is 2.41. The average molecular weight is 421 g/mol. The van der Waals surface area contributed by atoms with E-state index in [2.05, 4.69) is 10.2 Å². The predicted molar refractivity (Wildman–Crippen MR) is 103 cm³/mol. The Hall–Kier alpha value is -2.94. The van der Waals surface area contributed by atoms with Crippen LogP contribution in [0.1, 0.15) is 47.8 Å². The van der Waals surface area contributed by atoms with Crippen LogP contribution >= 0.6 is 0 Å². The van der Waals surface area contributed by atoms with Gasteiger partial charge >= 0.3 is 12.1 Å². The van der Waals surface area contributed by atoms with E-state index in [1.54, 1.807) is 19.9 Å². The Labute approximate surface area is 171 Å². The van der Waals surface area contributed by atoms with Gasteiger partial charge in [0.1, 0.15) is 0 Å². The number of carbonyl (C=O) groups excluding carboxylic acids is 1. The van der Waals surface area contributed by atoms with E-state index in [1.165, 1.54) is 25.4 Å². The van der Waals surface area contributed by atoms with Gasteiger partial charge in [-0.3, -0.25) is 9.20 Å². The minimum atomic E-state index is -4.64. The molecule has 0 radical (unpaired) electrons. The molecule has 0 amide bonds. The lowest BCUT2D eigenvalue weighted by Crippen LogP contribution is -2.33. The third-order valence-corrected chi connectivity index (χ3v) is 5.33. The number of nitrogens with zero attached hydrogens (tertiary/aromatic N) is 3. The number of hydrogen-bond acceptors (Lipinski definition) is 5. The van der Waals surface area contributed by atoms with Gasteiger partial charge in [-0.25, -0.2) is 0 Å². The molecule has 3 aromatic rings.